The van der Waals surface area contributed by atoms with E-state index in [0.29, 0.717) is 5.92 Å². The van der Waals surface area contributed by atoms with Gasteiger partial charge in [-0.3, -0.25) is 0 Å². The maximum absolute atomic E-state index is 6.12. The minimum absolute atomic E-state index is 0.152. The molecule has 4 heteroatoms. The maximum atomic E-state index is 6.12. The molecule has 0 aromatic carbocycles. The lowest BCUT2D eigenvalue weighted by Gasteiger charge is -2.15. The molecule has 0 saturated carbocycles. The molecule has 0 amide bonds. The van der Waals surface area contributed by atoms with Crippen LogP contribution in [-0.4, -0.2) is 13.2 Å². The molecule has 2 N–H and O–H groups in total. The second-order valence-electron chi connectivity index (χ2n) is 3.32. The van der Waals surface area contributed by atoms with Crippen molar-refractivity contribution in [1.29, 1.82) is 0 Å². The number of rotatable bonds is 2. The van der Waals surface area contributed by atoms with Gasteiger partial charge in [0, 0.05) is 33.3 Å². The van der Waals surface area contributed by atoms with Crippen molar-refractivity contribution in [2.45, 2.75) is 12.5 Å². The van der Waals surface area contributed by atoms with Crippen LogP contribution in [0.2, 0.25) is 0 Å². The van der Waals surface area contributed by atoms with Crippen molar-refractivity contribution in [2.24, 2.45) is 11.7 Å². The number of hydrogen-bond acceptors (Lipinski definition) is 3. The molecule has 1 saturated heterocycles. The molecule has 72 valence electrons. The predicted molar refractivity (Wildman–Crippen MR) is 57.9 cm³/mol. The fourth-order valence-electron chi connectivity index (χ4n) is 1.57. The van der Waals surface area contributed by atoms with E-state index in [1.165, 1.54) is 4.88 Å². The lowest BCUT2D eigenvalue weighted by atomic mass is 9.99. The van der Waals surface area contributed by atoms with Crippen molar-refractivity contribution >= 4 is 27.3 Å². The van der Waals surface area contributed by atoms with Crippen molar-refractivity contribution in [1.82, 2.24) is 0 Å². The average molecular weight is 262 g/mol. The SMILES string of the molecule is NC(c1cc(Br)cs1)C1CCOC1. The van der Waals surface area contributed by atoms with Crippen LogP contribution in [0.25, 0.3) is 0 Å². The number of nitrogens with two attached hydrogens (primary N) is 1. The highest BCUT2D eigenvalue weighted by Crippen LogP contribution is 2.31. The third-order valence-corrected chi connectivity index (χ3v) is 4.18. The van der Waals surface area contributed by atoms with Gasteiger partial charge in [0.25, 0.3) is 0 Å². The van der Waals surface area contributed by atoms with Gasteiger partial charge in [-0.15, -0.1) is 11.3 Å². The van der Waals surface area contributed by atoms with Gasteiger partial charge in [0.2, 0.25) is 0 Å². The molecule has 0 aliphatic carbocycles. The Bertz CT molecular complexity index is 283. The van der Waals surface area contributed by atoms with Gasteiger partial charge in [0.15, 0.2) is 0 Å². The van der Waals surface area contributed by atoms with Crippen LogP contribution < -0.4 is 5.73 Å². The Kier molecular flexibility index (Phi) is 3.03. The highest BCUT2D eigenvalue weighted by atomic mass is 79.9. The summed E-state index contributed by atoms with van der Waals surface area (Å²) in [6, 6.07) is 2.26. The molecule has 0 radical (unpaired) electrons. The molecule has 13 heavy (non-hydrogen) atoms. The Labute approximate surface area is 90.2 Å². The van der Waals surface area contributed by atoms with Crippen LogP contribution in [0.4, 0.5) is 0 Å². The van der Waals surface area contributed by atoms with Gasteiger partial charge in [-0.1, -0.05) is 0 Å². The summed E-state index contributed by atoms with van der Waals surface area (Å²) >= 11 is 5.15. The monoisotopic (exact) mass is 261 g/mol. The average Bonchev–Trinajstić information content (AvgIpc) is 2.72. The number of halogens is 1. The summed E-state index contributed by atoms with van der Waals surface area (Å²) in [6.07, 6.45) is 1.09. The molecular weight excluding hydrogens is 250 g/mol. The fourth-order valence-corrected chi connectivity index (χ4v) is 3.11. The van der Waals surface area contributed by atoms with E-state index in [4.69, 9.17) is 10.5 Å². The van der Waals surface area contributed by atoms with Crippen molar-refractivity contribution in [3.8, 4) is 0 Å². The summed E-state index contributed by atoms with van der Waals surface area (Å²) in [5.74, 6) is 0.505. The van der Waals surface area contributed by atoms with E-state index in [0.717, 1.165) is 24.1 Å². The standard InChI is InChI=1S/C9H12BrNOS/c10-7-3-8(13-5-7)9(11)6-1-2-12-4-6/h3,5-6,9H,1-2,4,11H2. The van der Waals surface area contributed by atoms with E-state index in [2.05, 4.69) is 27.4 Å². The molecule has 2 heterocycles. The first kappa shape index (κ1) is 9.65. The molecule has 1 fully saturated rings. The van der Waals surface area contributed by atoms with Gasteiger partial charge in [-0.25, -0.2) is 0 Å². The van der Waals surface area contributed by atoms with E-state index in [1.807, 2.05) is 0 Å². The Hall–Kier alpha value is 0.1000. The Morgan fingerprint density at radius 2 is 2.54 bits per heavy atom. The molecule has 1 aliphatic heterocycles. The number of thiophene rings is 1. The largest absolute Gasteiger partial charge is 0.381 e. The van der Waals surface area contributed by atoms with Gasteiger partial charge in [0.05, 0.1) is 6.61 Å². The molecular formula is C9H12BrNOS. The van der Waals surface area contributed by atoms with Gasteiger partial charge < -0.3 is 10.5 Å². The maximum Gasteiger partial charge on any atom is 0.0513 e. The smallest absolute Gasteiger partial charge is 0.0513 e. The summed E-state index contributed by atoms with van der Waals surface area (Å²) in [6.45, 7) is 1.68. The van der Waals surface area contributed by atoms with Gasteiger partial charge in [-0.2, -0.15) is 0 Å². The van der Waals surface area contributed by atoms with Crippen molar-refractivity contribution in [2.75, 3.05) is 13.2 Å². The van der Waals surface area contributed by atoms with Crippen LogP contribution in [0.15, 0.2) is 15.9 Å². The molecule has 2 unspecified atom stereocenters. The minimum Gasteiger partial charge on any atom is -0.381 e. The highest BCUT2D eigenvalue weighted by Gasteiger charge is 2.24. The van der Waals surface area contributed by atoms with Crippen molar-refractivity contribution in [3.63, 3.8) is 0 Å². The van der Waals surface area contributed by atoms with Crippen LogP contribution in [0.3, 0.4) is 0 Å². The van der Waals surface area contributed by atoms with Crippen LogP contribution in [-0.2, 0) is 4.74 Å². The van der Waals surface area contributed by atoms with Gasteiger partial charge in [-0.05, 0) is 28.4 Å². The van der Waals surface area contributed by atoms with Crippen LogP contribution in [0, 0.1) is 5.92 Å². The fraction of sp³-hybridized carbons (Fsp3) is 0.556. The predicted octanol–water partition coefficient (Wildman–Crippen LogP) is 2.55. The van der Waals surface area contributed by atoms with E-state index in [9.17, 15) is 0 Å². The Balaban J connectivity index is 2.07. The van der Waals surface area contributed by atoms with Gasteiger partial charge in [0.1, 0.15) is 0 Å². The molecule has 2 nitrogen and oxygen atoms in total. The number of ether oxygens (including phenoxy) is 1. The highest BCUT2D eigenvalue weighted by molar-refractivity contribution is 9.10. The molecule has 1 aromatic rings. The van der Waals surface area contributed by atoms with E-state index >= 15 is 0 Å². The van der Waals surface area contributed by atoms with Crippen LogP contribution in [0.5, 0.6) is 0 Å². The first-order chi connectivity index (χ1) is 6.27. The molecule has 2 rings (SSSR count). The molecule has 0 bridgehead atoms. The normalized spacial score (nSPS) is 24.9. The molecule has 1 aromatic heterocycles. The van der Waals surface area contributed by atoms with E-state index < -0.39 is 0 Å². The van der Waals surface area contributed by atoms with Gasteiger partial charge >= 0.3 is 0 Å². The molecule has 2 atom stereocenters. The summed E-state index contributed by atoms with van der Waals surface area (Å²) < 4.78 is 6.45. The van der Waals surface area contributed by atoms with E-state index in [1.54, 1.807) is 11.3 Å². The second kappa shape index (κ2) is 4.09. The van der Waals surface area contributed by atoms with Crippen LogP contribution in [0.1, 0.15) is 17.3 Å². The summed E-state index contributed by atoms with van der Waals surface area (Å²) in [5, 5.41) is 2.07. The topological polar surface area (TPSA) is 35.2 Å². The zero-order chi connectivity index (χ0) is 9.26. The zero-order valence-corrected chi connectivity index (χ0v) is 9.61. The third-order valence-electron chi connectivity index (χ3n) is 2.39. The van der Waals surface area contributed by atoms with Crippen molar-refractivity contribution < 1.29 is 4.74 Å². The number of hydrogen-bond donors (Lipinski definition) is 1. The lowest BCUT2D eigenvalue weighted by molar-refractivity contribution is 0.181. The first-order valence-corrected chi connectivity index (χ1v) is 6.02. The lowest BCUT2D eigenvalue weighted by Crippen LogP contribution is -2.20. The Morgan fingerprint density at radius 1 is 1.69 bits per heavy atom. The van der Waals surface area contributed by atoms with E-state index in [-0.39, 0.29) is 6.04 Å². The summed E-state index contributed by atoms with van der Waals surface area (Å²) in [4.78, 5) is 1.25. The quantitative estimate of drug-likeness (QED) is 0.889. The zero-order valence-electron chi connectivity index (χ0n) is 7.20. The Morgan fingerprint density at radius 3 is 3.08 bits per heavy atom. The third kappa shape index (κ3) is 2.13. The summed E-state index contributed by atoms with van der Waals surface area (Å²) in [7, 11) is 0. The molecule has 1 aliphatic rings. The van der Waals surface area contributed by atoms with Crippen molar-refractivity contribution in [3.05, 3.63) is 20.8 Å². The summed E-state index contributed by atoms with van der Waals surface area (Å²) in [5.41, 5.74) is 6.12. The first-order valence-electron chi connectivity index (χ1n) is 4.34. The minimum atomic E-state index is 0.152. The second-order valence-corrected chi connectivity index (χ2v) is 5.18. The molecule has 0 spiro atoms. The van der Waals surface area contributed by atoms with Crippen LogP contribution >= 0.6 is 27.3 Å².